The predicted octanol–water partition coefficient (Wildman–Crippen LogP) is 15.7. The highest BCUT2D eigenvalue weighted by molar-refractivity contribution is 6.27. The number of aromatic amines is 1. The molecule has 0 aliphatic heterocycles. The smallest absolute Gasteiger partial charge is 0.136 e. The molecule has 4 aromatic heterocycles. The molecule has 0 atom stereocenters. The lowest BCUT2D eigenvalue weighted by molar-refractivity contribution is 0.668. The molecule has 58 heavy (non-hydrogen) atoms. The lowest BCUT2D eigenvalue weighted by Crippen LogP contribution is -1.80. The molecule has 270 valence electrons. The summed E-state index contributed by atoms with van der Waals surface area (Å²) in [4.78, 5) is 3.70. The summed E-state index contributed by atoms with van der Waals surface area (Å²) in [5.41, 5.74) is 16.7. The van der Waals surface area contributed by atoms with Crippen molar-refractivity contribution < 1.29 is 13.3 Å². The van der Waals surface area contributed by atoms with Gasteiger partial charge in [-0.2, -0.15) is 0 Å². The highest BCUT2D eigenvalue weighted by Gasteiger charge is 2.18. The fourth-order valence-electron chi connectivity index (χ4n) is 9.15. The van der Waals surface area contributed by atoms with Crippen LogP contribution in [0.15, 0.2) is 195 Å². The van der Waals surface area contributed by atoms with Crippen molar-refractivity contribution >= 4 is 87.6 Å². The molecule has 0 aliphatic carbocycles. The van der Waals surface area contributed by atoms with Gasteiger partial charge in [0.2, 0.25) is 0 Å². The molecule has 0 aliphatic rings. The molecule has 0 fully saturated rings. The first-order valence-corrected chi connectivity index (χ1v) is 19.6. The summed E-state index contributed by atoms with van der Waals surface area (Å²) in [5, 5.41) is 8.98. The van der Waals surface area contributed by atoms with Crippen LogP contribution in [0.3, 0.4) is 0 Å². The Morgan fingerprint density at radius 2 is 0.586 bits per heavy atom. The van der Waals surface area contributed by atoms with Gasteiger partial charge >= 0.3 is 0 Å². The molecular weight excluding hydrogens is 711 g/mol. The molecule has 0 saturated heterocycles. The second kappa shape index (κ2) is 11.8. The number of fused-ring (bicyclic) bond motifs is 13. The molecule has 0 radical (unpaired) electrons. The average molecular weight is 742 g/mol. The molecule has 4 heteroatoms. The molecule has 0 saturated carbocycles. The van der Waals surface area contributed by atoms with E-state index in [2.05, 4.69) is 181 Å². The second-order valence-electron chi connectivity index (χ2n) is 15.3. The van der Waals surface area contributed by atoms with Crippen molar-refractivity contribution in [1.82, 2.24) is 4.98 Å². The van der Waals surface area contributed by atoms with E-state index in [0.717, 1.165) is 110 Å². The largest absolute Gasteiger partial charge is 0.456 e. The highest BCUT2D eigenvalue weighted by atomic mass is 16.3. The van der Waals surface area contributed by atoms with Gasteiger partial charge in [0.1, 0.15) is 33.5 Å². The number of benzene rings is 9. The summed E-state index contributed by atoms with van der Waals surface area (Å²) >= 11 is 0. The van der Waals surface area contributed by atoms with Crippen LogP contribution in [0, 0.1) is 0 Å². The van der Waals surface area contributed by atoms with E-state index in [0.29, 0.717) is 0 Å². The lowest BCUT2D eigenvalue weighted by Gasteiger charge is -2.05. The quantitative estimate of drug-likeness (QED) is 0.195. The maximum Gasteiger partial charge on any atom is 0.136 e. The van der Waals surface area contributed by atoms with Gasteiger partial charge in [-0.1, -0.05) is 97.1 Å². The molecule has 13 rings (SSSR count). The highest BCUT2D eigenvalue weighted by Crippen LogP contribution is 2.43. The van der Waals surface area contributed by atoms with E-state index in [1.807, 2.05) is 6.07 Å². The monoisotopic (exact) mass is 741 g/mol. The molecule has 1 N–H and O–H groups in total. The standard InChI is InChI=1S/C54H31NO3/c1-3-7-31(8-4-1)33-12-19-47-39(25-33)41-27-36(14-21-49(41)56-47)35-11-17-45-43(29-35)53-46(55-45)18-24-52-54(53)44-30-38(16-23-51(44)58-52)37-15-22-50-42(28-37)40-26-34(13-20-48(40)57-50)32-9-5-2-6-10-32/h1-30,55H. The van der Waals surface area contributed by atoms with Gasteiger partial charge in [0.15, 0.2) is 0 Å². The van der Waals surface area contributed by atoms with Crippen molar-refractivity contribution in [3.63, 3.8) is 0 Å². The minimum atomic E-state index is 0.867. The second-order valence-corrected chi connectivity index (χ2v) is 15.3. The average Bonchev–Trinajstić information content (AvgIpc) is 4.05. The first-order chi connectivity index (χ1) is 28.7. The summed E-state index contributed by atoms with van der Waals surface area (Å²) < 4.78 is 19.2. The summed E-state index contributed by atoms with van der Waals surface area (Å²) in [5.74, 6) is 0. The van der Waals surface area contributed by atoms with Gasteiger partial charge in [-0.25, -0.2) is 0 Å². The van der Waals surface area contributed by atoms with Crippen molar-refractivity contribution in [1.29, 1.82) is 0 Å². The number of nitrogens with one attached hydrogen (secondary N) is 1. The SMILES string of the molecule is c1ccc(-c2ccc3oc4ccc(-c5ccc6[nH]c7ccc8oc9ccc(-c%10ccc%11oc%12ccc(-c%13ccccc%13)cc%12c%11c%10)cc9c8c7c6c5)cc4c3c2)cc1. The van der Waals surface area contributed by atoms with Crippen molar-refractivity contribution in [3.05, 3.63) is 182 Å². The van der Waals surface area contributed by atoms with Gasteiger partial charge in [-0.3, -0.25) is 0 Å². The van der Waals surface area contributed by atoms with Crippen LogP contribution in [-0.2, 0) is 0 Å². The number of H-pyrrole nitrogens is 1. The van der Waals surface area contributed by atoms with Crippen molar-refractivity contribution in [2.45, 2.75) is 0 Å². The molecule has 0 unspecified atom stereocenters. The summed E-state index contributed by atoms with van der Waals surface area (Å²) in [6, 6.07) is 64.5. The Hall–Kier alpha value is -7.82. The Balaban J connectivity index is 0.951. The van der Waals surface area contributed by atoms with E-state index < -0.39 is 0 Å². The number of rotatable bonds is 4. The number of furan rings is 3. The molecular formula is C54H31NO3. The van der Waals surface area contributed by atoms with Gasteiger partial charge in [-0.15, -0.1) is 0 Å². The van der Waals surface area contributed by atoms with E-state index in [1.165, 1.54) is 22.3 Å². The first kappa shape index (κ1) is 31.4. The van der Waals surface area contributed by atoms with E-state index in [1.54, 1.807) is 0 Å². The summed E-state index contributed by atoms with van der Waals surface area (Å²) in [6.07, 6.45) is 0. The molecule has 4 nitrogen and oxygen atoms in total. The van der Waals surface area contributed by atoms with E-state index in [9.17, 15) is 0 Å². The maximum absolute atomic E-state index is 6.54. The molecule has 0 spiro atoms. The summed E-state index contributed by atoms with van der Waals surface area (Å²) in [7, 11) is 0. The van der Waals surface area contributed by atoms with E-state index >= 15 is 0 Å². The fourth-order valence-corrected chi connectivity index (χ4v) is 9.15. The van der Waals surface area contributed by atoms with Crippen LogP contribution in [0.5, 0.6) is 0 Å². The van der Waals surface area contributed by atoms with Crippen LogP contribution in [0.1, 0.15) is 0 Å². The third kappa shape index (κ3) is 4.69. The van der Waals surface area contributed by atoms with Crippen molar-refractivity contribution in [2.75, 3.05) is 0 Å². The van der Waals surface area contributed by atoms with E-state index in [4.69, 9.17) is 13.3 Å². The van der Waals surface area contributed by atoms with Crippen LogP contribution in [0.25, 0.3) is 132 Å². The maximum atomic E-state index is 6.54. The van der Waals surface area contributed by atoms with Crippen LogP contribution in [0.2, 0.25) is 0 Å². The number of aromatic nitrogens is 1. The number of hydrogen-bond acceptors (Lipinski definition) is 3. The Kier molecular flexibility index (Phi) is 6.41. The minimum absolute atomic E-state index is 0.867. The van der Waals surface area contributed by atoms with Crippen LogP contribution in [-0.4, -0.2) is 4.98 Å². The molecule has 4 heterocycles. The minimum Gasteiger partial charge on any atom is -0.456 e. The van der Waals surface area contributed by atoms with Crippen molar-refractivity contribution in [3.8, 4) is 44.5 Å². The zero-order chi connectivity index (χ0) is 37.9. The van der Waals surface area contributed by atoms with Crippen molar-refractivity contribution in [2.24, 2.45) is 0 Å². The van der Waals surface area contributed by atoms with E-state index in [-0.39, 0.29) is 0 Å². The Morgan fingerprint density at radius 3 is 1.07 bits per heavy atom. The molecule has 0 bridgehead atoms. The van der Waals surface area contributed by atoms with Gasteiger partial charge in [-0.05, 0) is 129 Å². The zero-order valence-electron chi connectivity index (χ0n) is 31.0. The zero-order valence-corrected chi connectivity index (χ0v) is 31.0. The topological polar surface area (TPSA) is 55.2 Å². The Bertz CT molecular complexity index is 3540. The van der Waals surface area contributed by atoms with Gasteiger partial charge < -0.3 is 18.2 Å². The van der Waals surface area contributed by atoms with Crippen LogP contribution >= 0.6 is 0 Å². The number of hydrogen-bond donors (Lipinski definition) is 1. The Morgan fingerprint density at radius 1 is 0.241 bits per heavy atom. The van der Waals surface area contributed by atoms with Crippen LogP contribution < -0.4 is 0 Å². The molecule has 0 amide bonds. The lowest BCUT2D eigenvalue weighted by atomic mass is 9.97. The first-order valence-electron chi connectivity index (χ1n) is 19.6. The fraction of sp³-hybridized carbons (Fsp3) is 0. The van der Waals surface area contributed by atoms with Gasteiger partial charge in [0.05, 0.1) is 0 Å². The third-order valence-electron chi connectivity index (χ3n) is 12.0. The van der Waals surface area contributed by atoms with Crippen LogP contribution in [0.4, 0.5) is 0 Å². The molecule has 13 aromatic rings. The summed E-state index contributed by atoms with van der Waals surface area (Å²) in [6.45, 7) is 0. The van der Waals surface area contributed by atoms with Gasteiger partial charge in [0.25, 0.3) is 0 Å². The Labute approximate surface area is 331 Å². The normalized spacial score (nSPS) is 12.1. The van der Waals surface area contributed by atoms with Gasteiger partial charge in [0, 0.05) is 54.1 Å². The molecule has 9 aromatic carbocycles. The predicted molar refractivity (Wildman–Crippen MR) is 239 cm³/mol. The third-order valence-corrected chi connectivity index (χ3v) is 12.0.